The van der Waals surface area contributed by atoms with E-state index in [4.69, 9.17) is 14.5 Å². The Kier molecular flexibility index (Phi) is 13.4. The first-order valence-electron chi connectivity index (χ1n) is 18.6. The number of aliphatic imine (C=N–C) groups is 1. The van der Waals surface area contributed by atoms with E-state index < -0.39 is 34.7 Å². The Morgan fingerprint density at radius 1 is 0.849 bits per heavy atom. The Balaban J connectivity index is 1.52. The maximum absolute atomic E-state index is 14.3. The van der Waals surface area contributed by atoms with Gasteiger partial charge in [0.2, 0.25) is 5.91 Å². The van der Waals surface area contributed by atoms with Gasteiger partial charge in [0, 0.05) is 30.4 Å². The van der Waals surface area contributed by atoms with Crippen molar-refractivity contribution in [1.82, 2.24) is 15.5 Å². The molecular formula is C43H58N4O6. The molecule has 3 aromatic carbocycles. The van der Waals surface area contributed by atoms with Gasteiger partial charge in [-0.2, -0.15) is 0 Å². The number of hydrogen-bond acceptors (Lipinski definition) is 7. The molecule has 0 aliphatic heterocycles. The van der Waals surface area contributed by atoms with Gasteiger partial charge in [-0.1, -0.05) is 115 Å². The van der Waals surface area contributed by atoms with Crippen molar-refractivity contribution in [2.45, 2.75) is 130 Å². The lowest BCUT2D eigenvalue weighted by Gasteiger charge is -2.36. The summed E-state index contributed by atoms with van der Waals surface area (Å²) in [4.78, 5) is 47.2. The molecule has 3 aromatic rings. The molecule has 0 saturated heterocycles. The topological polar surface area (TPSA) is 130 Å². The van der Waals surface area contributed by atoms with E-state index in [-0.39, 0.29) is 29.5 Å². The highest BCUT2D eigenvalue weighted by Crippen LogP contribution is 2.40. The van der Waals surface area contributed by atoms with E-state index in [2.05, 4.69) is 10.6 Å². The Morgan fingerprint density at radius 2 is 1.42 bits per heavy atom. The molecule has 3 atom stereocenters. The summed E-state index contributed by atoms with van der Waals surface area (Å²) in [6.45, 7) is 17.7. The Labute approximate surface area is 315 Å². The quantitative estimate of drug-likeness (QED) is 0.109. The standard InChI is InChI=1S/C43H58N4O6/c1-41(2,3)35-34(52-40(51)53-43(7,8)9)25-24-31(36(35)48)26-44-32-22-16-17-23-33(32)45-39(50)46-37(42(4,5)6)38(49)47(27-29-18-12-10-13-19-29)28-30-20-14-11-15-21-30/h10-15,18-21,24-26,32-33,37,48H,16-17,22-23,27-28H2,1-9H3,(H2,45,46,50)/t32-,33-,37-/m1/s1. The van der Waals surface area contributed by atoms with Crippen LogP contribution in [0.1, 0.15) is 110 Å². The lowest BCUT2D eigenvalue weighted by molar-refractivity contribution is -0.137. The summed E-state index contributed by atoms with van der Waals surface area (Å²) in [5, 5.41) is 17.6. The molecule has 0 radical (unpaired) electrons. The number of carbonyl (C=O) groups excluding carboxylic acids is 3. The van der Waals surface area contributed by atoms with Gasteiger partial charge in [-0.25, -0.2) is 9.59 Å². The van der Waals surface area contributed by atoms with Crippen LogP contribution in [0.5, 0.6) is 11.5 Å². The first kappa shape index (κ1) is 40.9. The van der Waals surface area contributed by atoms with Gasteiger partial charge in [0.15, 0.2) is 0 Å². The van der Waals surface area contributed by atoms with Gasteiger partial charge in [-0.3, -0.25) is 9.79 Å². The normalized spacial score (nSPS) is 17.2. The first-order valence-corrected chi connectivity index (χ1v) is 18.6. The second-order valence-corrected chi connectivity index (χ2v) is 17.0. The van der Waals surface area contributed by atoms with Crippen LogP contribution < -0.4 is 15.4 Å². The zero-order valence-electron chi connectivity index (χ0n) is 32.9. The second-order valence-electron chi connectivity index (χ2n) is 17.0. The predicted octanol–water partition coefficient (Wildman–Crippen LogP) is 8.68. The summed E-state index contributed by atoms with van der Waals surface area (Å²) in [7, 11) is 0. The molecule has 53 heavy (non-hydrogen) atoms. The fraction of sp³-hybridized carbons (Fsp3) is 0.488. The van der Waals surface area contributed by atoms with Crippen LogP contribution in [0, 0.1) is 5.41 Å². The van der Waals surface area contributed by atoms with E-state index >= 15 is 0 Å². The number of urea groups is 1. The molecule has 1 aliphatic rings. The number of phenols is 1. The minimum atomic E-state index is -0.853. The van der Waals surface area contributed by atoms with Crippen molar-refractivity contribution in [3.8, 4) is 11.5 Å². The molecule has 0 aromatic heterocycles. The number of ether oxygens (including phenoxy) is 2. The number of amides is 3. The highest BCUT2D eigenvalue weighted by Gasteiger charge is 2.37. The molecular weight excluding hydrogens is 668 g/mol. The van der Waals surface area contributed by atoms with Crippen molar-refractivity contribution < 1.29 is 29.0 Å². The fourth-order valence-electron chi connectivity index (χ4n) is 6.49. The van der Waals surface area contributed by atoms with Crippen molar-refractivity contribution in [2.24, 2.45) is 10.4 Å². The van der Waals surface area contributed by atoms with Gasteiger partial charge >= 0.3 is 12.2 Å². The van der Waals surface area contributed by atoms with E-state index in [1.54, 1.807) is 44.0 Å². The summed E-state index contributed by atoms with van der Waals surface area (Å²) >= 11 is 0. The molecule has 0 unspecified atom stereocenters. The average molecular weight is 727 g/mol. The van der Waals surface area contributed by atoms with E-state index in [1.165, 1.54) is 0 Å². The predicted molar refractivity (Wildman–Crippen MR) is 209 cm³/mol. The smallest absolute Gasteiger partial charge is 0.507 e. The summed E-state index contributed by atoms with van der Waals surface area (Å²) in [6, 6.07) is 21.3. The Bertz CT molecular complexity index is 1680. The summed E-state index contributed by atoms with van der Waals surface area (Å²) in [5.74, 6) is 0.00888. The molecule has 10 heteroatoms. The monoisotopic (exact) mass is 726 g/mol. The molecule has 10 nitrogen and oxygen atoms in total. The van der Waals surface area contributed by atoms with Gasteiger partial charge < -0.3 is 30.1 Å². The van der Waals surface area contributed by atoms with Crippen LogP contribution in [-0.4, -0.2) is 58.0 Å². The van der Waals surface area contributed by atoms with E-state index in [0.717, 1.165) is 36.8 Å². The van der Waals surface area contributed by atoms with Gasteiger partial charge in [-0.15, -0.1) is 0 Å². The minimum Gasteiger partial charge on any atom is -0.507 e. The number of aromatic hydroxyl groups is 1. The molecule has 1 fully saturated rings. The third-order valence-electron chi connectivity index (χ3n) is 9.09. The fourth-order valence-corrected chi connectivity index (χ4v) is 6.49. The average Bonchev–Trinajstić information content (AvgIpc) is 3.06. The van der Waals surface area contributed by atoms with Crippen LogP contribution in [0.4, 0.5) is 9.59 Å². The molecule has 0 heterocycles. The number of rotatable bonds is 10. The van der Waals surface area contributed by atoms with E-state index in [1.807, 2.05) is 102 Å². The number of carbonyl (C=O) groups is 3. The largest absolute Gasteiger partial charge is 0.514 e. The number of phenolic OH excluding ortho intramolecular Hbond substituents is 1. The Hall–Kier alpha value is -4.86. The maximum Gasteiger partial charge on any atom is 0.514 e. The molecule has 286 valence electrons. The van der Waals surface area contributed by atoms with Crippen LogP contribution in [0.25, 0.3) is 0 Å². The lowest BCUT2D eigenvalue weighted by Crippen LogP contribution is -2.58. The third kappa shape index (κ3) is 12.1. The zero-order valence-corrected chi connectivity index (χ0v) is 32.9. The van der Waals surface area contributed by atoms with Gasteiger partial charge in [0.1, 0.15) is 23.1 Å². The Morgan fingerprint density at radius 3 is 1.94 bits per heavy atom. The van der Waals surface area contributed by atoms with Crippen molar-refractivity contribution in [1.29, 1.82) is 0 Å². The van der Waals surface area contributed by atoms with Crippen LogP contribution in [0.15, 0.2) is 77.8 Å². The number of hydrogen-bond donors (Lipinski definition) is 3. The maximum atomic E-state index is 14.3. The van der Waals surface area contributed by atoms with E-state index in [0.29, 0.717) is 24.2 Å². The molecule has 3 N–H and O–H groups in total. The SMILES string of the molecule is CC(C)(C)OC(=O)Oc1ccc(C=N[C@@H]2CCCC[C@H]2NC(=O)N[C@H](C(=O)N(Cc2ccccc2)Cc2ccccc2)C(C)(C)C)c(O)c1C(C)(C)C. The van der Waals surface area contributed by atoms with Crippen LogP contribution in [0.2, 0.25) is 0 Å². The number of benzene rings is 3. The third-order valence-corrected chi connectivity index (χ3v) is 9.09. The van der Waals surface area contributed by atoms with Gasteiger partial charge in [-0.05, 0) is 67.7 Å². The van der Waals surface area contributed by atoms with Crippen LogP contribution in [0.3, 0.4) is 0 Å². The molecule has 0 spiro atoms. The van der Waals surface area contributed by atoms with Crippen LogP contribution in [-0.2, 0) is 28.0 Å². The minimum absolute atomic E-state index is 0.0394. The highest BCUT2D eigenvalue weighted by molar-refractivity contribution is 5.88. The summed E-state index contributed by atoms with van der Waals surface area (Å²) in [5.41, 5.74) is 1.05. The molecule has 4 rings (SSSR count). The molecule has 1 aliphatic carbocycles. The van der Waals surface area contributed by atoms with Crippen molar-refractivity contribution in [3.05, 3.63) is 95.1 Å². The number of nitrogens with one attached hydrogen (secondary N) is 2. The molecule has 1 saturated carbocycles. The molecule has 3 amide bonds. The summed E-state index contributed by atoms with van der Waals surface area (Å²) in [6.07, 6.45) is 4.11. The zero-order chi connectivity index (χ0) is 39.0. The van der Waals surface area contributed by atoms with Gasteiger partial charge in [0.05, 0.1) is 12.1 Å². The van der Waals surface area contributed by atoms with Crippen molar-refractivity contribution in [3.63, 3.8) is 0 Å². The van der Waals surface area contributed by atoms with E-state index in [9.17, 15) is 19.5 Å². The van der Waals surface area contributed by atoms with Crippen LogP contribution >= 0.6 is 0 Å². The van der Waals surface area contributed by atoms with Crippen molar-refractivity contribution >= 4 is 24.3 Å². The number of nitrogens with zero attached hydrogens (tertiary/aromatic N) is 2. The van der Waals surface area contributed by atoms with Gasteiger partial charge in [0.25, 0.3) is 0 Å². The highest BCUT2D eigenvalue weighted by atomic mass is 16.7. The summed E-state index contributed by atoms with van der Waals surface area (Å²) < 4.78 is 10.9. The second kappa shape index (κ2) is 17.3. The van der Waals surface area contributed by atoms with Crippen molar-refractivity contribution in [2.75, 3.05) is 0 Å². The molecule has 0 bridgehead atoms. The lowest BCUT2D eigenvalue weighted by atomic mass is 9.84. The first-order chi connectivity index (χ1) is 24.8.